The lowest BCUT2D eigenvalue weighted by molar-refractivity contribution is -0.122. The van der Waals surface area contributed by atoms with Crippen LogP contribution >= 0.6 is 0 Å². The van der Waals surface area contributed by atoms with Crippen molar-refractivity contribution in [2.75, 3.05) is 24.6 Å². The Morgan fingerprint density at radius 2 is 1.96 bits per heavy atom. The number of para-hydroxylation sites is 2. The Hall–Kier alpha value is -2.86. The van der Waals surface area contributed by atoms with Crippen molar-refractivity contribution >= 4 is 17.5 Å². The van der Waals surface area contributed by atoms with Crippen molar-refractivity contribution in [2.45, 2.75) is 19.4 Å². The van der Waals surface area contributed by atoms with Crippen molar-refractivity contribution in [3.8, 4) is 5.75 Å². The molecule has 1 aliphatic heterocycles. The van der Waals surface area contributed by atoms with Gasteiger partial charge in [0.25, 0.3) is 5.91 Å². The second kappa shape index (κ2) is 8.01. The number of hydrogen-bond donors (Lipinski definition) is 2. The second-order valence-electron chi connectivity index (χ2n) is 6.33. The number of nitrogens with one attached hydrogen (secondary N) is 1. The van der Waals surface area contributed by atoms with Crippen molar-refractivity contribution in [3.63, 3.8) is 0 Å². The zero-order valence-electron chi connectivity index (χ0n) is 14.8. The van der Waals surface area contributed by atoms with Gasteiger partial charge in [-0.25, -0.2) is 0 Å². The van der Waals surface area contributed by atoms with E-state index in [4.69, 9.17) is 10.5 Å². The molecule has 3 rings (SSSR count). The molecular weight excluding hydrogens is 330 g/mol. The highest BCUT2D eigenvalue weighted by atomic mass is 16.5. The van der Waals surface area contributed by atoms with Gasteiger partial charge in [0.05, 0.1) is 5.69 Å². The van der Waals surface area contributed by atoms with Crippen LogP contribution in [0.2, 0.25) is 0 Å². The zero-order chi connectivity index (χ0) is 18.5. The van der Waals surface area contributed by atoms with E-state index in [1.807, 2.05) is 55.5 Å². The van der Waals surface area contributed by atoms with Crippen LogP contribution in [-0.2, 0) is 9.59 Å². The fourth-order valence-electron chi connectivity index (χ4n) is 2.88. The standard InChI is InChI=1S/C20H23N3O3/c1-14-7-9-15(10-8-14)19(21)20(25)22-11-4-12-23-16-5-2-3-6-17(16)26-13-18(23)24/h2-3,5-10,19H,4,11-13,21H2,1H3,(H,22,25). The Kier molecular flexibility index (Phi) is 5.53. The highest BCUT2D eigenvalue weighted by Crippen LogP contribution is 2.31. The van der Waals surface area contributed by atoms with Crippen LogP contribution in [0, 0.1) is 6.92 Å². The van der Waals surface area contributed by atoms with Crippen molar-refractivity contribution in [1.82, 2.24) is 5.32 Å². The molecule has 0 saturated heterocycles. The molecule has 0 aliphatic carbocycles. The molecule has 1 heterocycles. The number of amides is 2. The Bertz CT molecular complexity index is 789. The number of carbonyl (C=O) groups is 2. The molecule has 0 aromatic heterocycles. The minimum absolute atomic E-state index is 0.0433. The number of nitrogens with zero attached hydrogens (tertiary/aromatic N) is 1. The van der Waals surface area contributed by atoms with Gasteiger partial charge in [-0.1, -0.05) is 42.0 Å². The van der Waals surface area contributed by atoms with Gasteiger partial charge in [0.2, 0.25) is 5.91 Å². The summed E-state index contributed by atoms with van der Waals surface area (Å²) in [5.74, 6) is 0.409. The van der Waals surface area contributed by atoms with Crippen LogP contribution in [0.5, 0.6) is 5.75 Å². The number of ether oxygens (including phenoxy) is 1. The topological polar surface area (TPSA) is 84.7 Å². The van der Waals surface area contributed by atoms with Crippen LogP contribution in [0.4, 0.5) is 5.69 Å². The first kappa shape index (κ1) is 17.9. The maximum atomic E-state index is 12.2. The third-order valence-corrected chi connectivity index (χ3v) is 4.38. The molecule has 2 aromatic carbocycles. The Morgan fingerprint density at radius 3 is 2.73 bits per heavy atom. The van der Waals surface area contributed by atoms with Gasteiger partial charge in [-0.15, -0.1) is 0 Å². The van der Waals surface area contributed by atoms with Gasteiger partial charge >= 0.3 is 0 Å². The monoisotopic (exact) mass is 353 g/mol. The summed E-state index contributed by atoms with van der Waals surface area (Å²) in [6.07, 6.45) is 0.631. The quantitative estimate of drug-likeness (QED) is 0.777. The largest absolute Gasteiger partial charge is 0.482 e. The molecule has 1 aliphatic rings. The van der Waals surface area contributed by atoms with Gasteiger partial charge in [0.15, 0.2) is 6.61 Å². The van der Waals surface area contributed by atoms with E-state index in [-0.39, 0.29) is 18.4 Å². The number of carbonyl (C=O) groups excluding carboxylic acids is 2. The Labute approximate surface area is 152 Å². The first-order valence-corrected chi connectivity index (χ1v) is 8.68. The third-order valence-electron chi connectivity index (χ3n) is 4.38. The molecule has 0 fully saturated rings. The summed E-state index contributed by atoms with van der Waals surface area (Å²) < 4.78 is 5.42. The summed E-state index contributed by atoms with van der Waals surface area (Å²) in [6, 6.07) is 14.4. The van der Waals surface area contributed by atoms with Gasteiger partial charge in [-0.3, -0.25) is 9.59 Å². The van der Waals surface area contributed by atoms with Gasteiger partial charge in [0, 0.05) is 13.1 Å². The molecule has 0 radical (unpaired) electrons. The van der Waals surface area contributed by atoms with Crippen LogP contribution in [0.3, 0.4) is 0 Å². The van der Waals surface area contributed by atoms with E-state index in [0.717, 1.165) is 16.8 Å². The maximum Gasteiger partial charge on any atom is 0.265 e. The second-order valence-corrected chi connectivity index (χ2v) is 6.33. The number of benzene rings is 2. The average molecular weight is 353 g/mol. The van der Waals surface area contributed by atoms with Crippen molar-refractivity contribution < 1.29 is 14.3 Å². The molecule has 0 bridgehead atoms. The molecule has 6 heteroatoms. The molecule has 2 amide bonds. The van der Waals surface area contributed by atoms with Crippen molar-refractivity contribution in [3.05, 3.63) is 59.7 Å². The number of nitrogens with two attached hydrogens (primary N) is 1. The first-order valence-electron chi connectivity index (χ1n) is 8.68. The molecule has 136 valence electrons. The molecule has 0 saturated carbocycles. The van der Waals surface area contributed by atoms with E-state index >= 15 is 0 Å². The SMILES string of the molecule is Cc1ccc(C(N)C(=O)NCCCN2C(=O)COc3ccccc32)cc1. The summed E-state index contributed by atoms with van der Waals surface area (Å²) in [7, 11) is 0. The number of hydrogen-bond acceptors (Lipinski definition) is 4. The van der Waals surface area contributed by atoms with E-state index in [0.29, 0.717) is 25.3 Å². The first-order chi connectivity index (χ1) is 12.6. The van der Waals surface area contributed by atoms with Crippen LogP contribution in [-0.4, -0.2) is 31.5 Å². The predicted molar refractivity (Wildman–Crippen MR) is 100 cm³/mol. The lowest BCUT2D eigenvalue weighted by Gasteiger charge is -2.29. The number of aryl methyl sites for hydroxylation is 1. The molecule has 0 spiro atoms. The highest BCUT2D eigenvalue weighted by Gasteiger charge is 2.24. The Morgan fingerprint density at radius 1 is 1.23 bits per heavy atom. The average Bonchev–Trinajstić information content (AvgIpc) is 2.66. The van der Waals surface area contributed by atoms with Crippen LogP contribution in [0.25, 0.3) is 0 Å². The highest BCUT2D eigenvalue weighted by molar-refractivity contribution is 5.97. The van der Waals surface area contributed by atoms with Gasteiger partial charge in [-0.2, -0.15) is 0 Å². The molecular formula is C20H23N3O3. The molecule has 1 atom stereocenters. The van der Waals surface area contributed by atoms with Gasteiger partial charge in [0.1, 0.15) is 11.8 Å². The summed E-state index contributed by atoms with van der Waals surface area (Å²) >= 11 is 0. The lowest BCUT2D eigenvalue weighted by Crippen LogP contribution is -2.41. The van der Waals surface area contributed by atoms with Crippen molar-refractivity contribution in [2.24, 2.45) is 5.73 Å². The van der Waals surface area contributed by atoms with E-state index < -0.39 is 6.04 Å². The zero-order valence-corrected chi connectivity index (χ0v) is 14.8. The normalized spacial score (nSPS) is 14.4. The summed E-state index contributed by atoms with van der Waals surface area (Å²) in [5.41, 5.74) is 8.68. The fraction of sp³-hybridized carbons (Fsp3) is 0.300. The van der Waals surface area contributed by atoms with Crippen LogP contribution in [0.15, 0.2) is 48.5 Å². The van der Waals surface area contributed by atoms with E-state index in [2.05, 4.69) is 5.32 Å². The van der Waals surface area contributed by atoms with Gasteiger partial charge < -0.3 is 20.7 Å². The summed E-state index contributed by atoms with van der Waals surface area (Å²) in [4.78, 5) is 26.0. The lowest BCUT2D eigenvalue weighted by atomic mass is 10.1. The number of fused-ring (bicyclic) bond motifs is 1. The minimum Gasteiger partial charge on any atom is -0.482 e. The maximum absolute atomic E-state index is 12.2. The van der Waals surface area contributed by atoms with E-state index in [1.54, 1.807) is 4.90 Å². The van der Waals surface area contributed by atoms with Crippen LogP contribution < -0.4 is 20.7 Å². The molecule has 3 N–H and O–H groups in total. The van der Waals surface area contributed by atoms with Crippen molar-refractivity contribution in [1.29, 1.82) is 0 Å². The molecule has 1 unspecified atom stereocenters. The van der Waals surface area contributed by atoms with E-state index in [1.165, 1.54) is 0 Å². The molecule has 26 heavy (non-hydrogen) atoms. The van der Waals surface area contributed by atoms with E-state index in [9.17, 15) is 9.59 Å². The number of anilines is 1. The minimum atomic E-state index is -0.693. The van der Waals surface area contributed by atoms with Crippen LogP contribution in [0.1, 0.15) is 23.6 Å². The third kappa shape index (κ3) is 4.03. The fourth-order valence-corrected chi connectivity index (χ4v) is 2.88. The predicted octanol–water partition coefficient (Wildman–Crippen LogP) is 1.93. The summed E-state index contributed by atoms with van der Waals surface area (Å²) in [6.45, 7) is 2.99. The molecule has 2 aromatic rings. The van der Waals surface area contributed by atoms with Gasteiger partial charge in [-0.05, 0) is 31.0 Å². The number of rotatable bonds is 6. The Balaban J connectivity index is 1.50. The smallest absolute Gasteiger partial charge is 0.265 e. The summed E-state index contributed by atoms with van der Waals surface area (Å²) in [5, 5.41) is 2.84. The molecule has 6 nitrogen and oxygen atoms in total.